The van der Waals surface area contributed by atoms with Gasteiger partial charge in [-0.2, -0.15) is 0 Å². The first-order chi connectivity index (χ1) is 9.29. The molecule has 0 aromatic heterocycles. The molecule has 1 heterocycles. The van der Waals surface area contributed by atoms with Crippen molar-refractivity contribution in [3.63, 3.8) is 0 Å². The Morgan fingerprint density at radius 3 is 2.40 bits per heavy atom. The maximum atomic E-state index is 11.8. The lowest BCUT2D eigenvalue weighted by molar-refractivity contribution is 0.137. The van der Waals surface area contributed by atoms with Gasteiger partial charge >= 0.3 is 0 Å². The van der Waals surface area contributed by atoms with Crippen LogP contribution in [0, 0.1) is 5.41 Å². The fourth-order valence-corrected chi connectivity index (χ4v) is 5.08. The summed E-state index contributed by atoms with van der Waals surface area (Å²) in [4.78, 5) is 2.51. The minimum atomic E-state index is -2.94. The first kappa shape index (κ1) is 16.2. The third-order valence-corrected chi connectivity index (χ3v) is 6.79. The van der Waals surface area contributed by atoms with Crippen molar-refractivity contribution in [1.82, 2.24) is 4.90 Å². The average molecular weight is 303 g/mol. The van der Waals surface area contributed by atoms with Crippen LogP contribution < -0.4 is 0 Å². The third-order valence-electron chi connectivity index (χ3n) is 5.09. The SMILES string of the molecule is COCCS(=O)(=O)CCCN1CC2(CCC2)CC1(C)C. The maximum absolute atomic E-state index is 11.8. The van der Waals surface area contributed by atoms with Gasteiger partial charge in [0.2, 0.25) is 0 Å². The Balaban J connectivity index is 1.79. The lowest BCUT2D eigenvalue weighted by Gasteiger charge is -2.38. The molecule has 0 amide bonds. The average Bonchev–Trinajstić information content (AvgIpc) is 2.59. The van der Waals surface area contributed by atoms with Crippen LogP contribution in [0.15, 0.2) is 0 Å². The molecular formula is C15H29NO3S. The number of rotatable bonds is 7. The molecule has 2 aliphatic rings. The van der Waals surface area contributed by atoms with E-state index in [2.05, 4.69) is 18.7 Å². The highest BCUT2D eigenvalue weighted by molar-refractivity contribution is 7.91. The predicted molar refractivity (Wildman–Crippen MR) is 81.7 cm³/mol. The van der Waals surface area contributed by atoms with E-state index in [9.17, 15) is 8.42 Å². The maximum Gasteiger partial charge on any atom is 0.152 e. The Morgan fingerprint density at radius 1 is 1.20 bits per heavy atom. The van der Waals surface area contributed by atoms with E-state index in [-0.39, 0.29) is 17.0 Å². The zero-order chi connectivity index (χ0) is 14.9. The van der Waals surface area contributed by atoms with Crippen molar-refractivity contribution in [3.05, 3.63) is 0 Å². The zero-order valence-electron chi connectivity index (χ0n) is 13.2. The molecule has 2 rings (SSSR count). The first-order valence-electron chi connectivity index (χ1n) is 7.73. The molecule has 0 bridgehead atoms. The van der Waals surface area contributed by atoms with Crippen LogP contribution in [-0.2, 0) is 14.6 Å². The molecule has 1 saturated heterocycles. The van der Waals surface area contributed by atoms with Crippen LogP contribution in [0.1, 0.15) is 46.0 Å². The molecule has 118 valence electrons. The van der Waals surface area contributed by atoms with E-state index >= 15 is 0 Å². The molecule has 0 unspecified atom stereocenters. The fourth-order valence-electron chi connectivity index (χ4n) is 3.89. The van der Waals surface area contributed by atoms with Gasteiger partial charge in [0.05, 0.1) is 18.1 Å². The quantitative estimate of drug-likeness (QED) is 0.722. The van der Waals surface area contributed by atoms with Crippen LogP contribution in [0.5, 0.6) is 0 Å². The summed E-state index contributed by atoms with van der Waals surface area (Å²) in [5, 5.41) is 0. The van der Waals surface area contributed by atoms with Gasteiger partial charge in [0.15, 0.2) is 9.84 Å². The summed E-state index contributed by atoms with van der Waals surface area (Å²) in [6.45, 7) is 6.98. The molecule has 2 fully saturated rings. The molecule has 0 aromatic carbocycles. The monoisotopic (exact) mass is 303 g/mol. The molecular weight excluding hydrogens is 274 g/mol. The topological polar surface area (TPSA) is 46.6 Å². The Kier molecular flexibility index (Phi) is 4.82. The van der Waals surface area contributed by atoms with Crippen LogP contribution >= 0.6 is 0 Å². The van der Waals surface area contributed by atoms with Crippen molar-refractivity contribution >= 4 is 9.84 Å². The van der Waals surface area contributed by atoms with E-state index in [1.165, 1.54) is 25.7 Å². The number of nitrogens with zero attached hydrogens (tertiary/aromatic N) is 1. The molecule has 0 aromatic rings. The standard InChI is InChI=1S/C15H29NO3S/c1-14(2)12-15(6-4-7-15)13-16(14)8-5-10-20(17,18)11-9-19-3/h4-13H2,1-3H3. The lowest BCUT2D eigenvalue weighted by Crippen LogP contribution is -2.39. The van der Waals surface area contributed by atoms with Crippen molar-refractivity contribution in [2.75, 3.05) is 38.3 Å². The van der Waals surface area contributed by atoms with Gasteiger partial charge in [-0.05, 0) is 51.5 Å². The van der Waals surface area contributed by atoms with E-state index in [1.54, 1.807) is 7.11 Å². The van der Waals surface area contributed by atoms with E-state index < -0.39 is 9.84 Å². The van der Waals surface area contributed by atoms with Gasteiger partial charge in [0.1, 0.15) is 0 Å². The van der Waals surface area contributed by atoms with Crippen molar-refractivity contribution < 1.29 is 13.2 Å². The largest absolute Gasteiger partial charge is 0.384 e. The van der Waals surface area contributed by atoms with Crippen LogP contribution in [0.3, 0.4) is 0 Å². The highest BCUT2D eigenvalue weighted by atomic mass is 32.2. The normalized spacial score (nSPS) is 24.9. The van der Waals surface area contributed by atoms with Crippen LogP contribution in [0.4, 0.5) is 0 Å². The highest BCUT2D eigenvalue weighted by Crippen LogP contribution is 2.53. The second kappa shape index (κ2) is 5.93. The first-order valence-corrected chi connectivity index (χ1v) is 9.55. The second-order valence-corrected chi connectivity index (χ2v) is 9.57. The number of hydrogen-bond donors (Lipinski definition) is 0. The number of hydrogen-bond acceptors (Lipinski definition) is 4. The van der Waals surface area contributed by atoms with Gasteiger partial charge in [-0.1, -0.05) is 6.42 Å². The highest BCUT2D eigenvalue weighted by Gasteiger charge is 2.50. The van der Waals surface area contributed by atoms with E-state index in [0.717, 1.165) is 19.5 Å². The van der Waals surface area contributed by atoms with Gasteiger partial charge in [-0.25, -0.2) is 8.42 Å². The van der Waals surface area contributed by atoms with Crippen molar-refractivity contribution in [2.24, 2.45) is 5.41 Å². The summed E-state index contributed by atoms with van der Waals surface area (Å²) >= 11 is 0. The molecule has 20 heavy (non-hydrogen) atoms. The van der Waals surface area contributed by atoms with E-state index in [1.807, 2.05) is 0 Å². The predicted octanol–water partition coefficient (Wildman–Crippen LogP) is 2.09. The lowest BCUT2D eigenvalue weighted by atomic mass is 9.66. The smallest absolute Gasteiger partial charge is 0.152 e. The van der Waals surface area contributed by atoms with Crippen molar-refractivity contribution in [3.8, 4) is 0 Å². The van der Waals surface area contributed by atoms with Gasteiger partial charge in [-0.15, -0.1) is 0 Å². The summed E-state index contributed by atoms with van der Waals surface area (Å²) in [5.41, 5.74) is 0.787. The molecule has 1 spiro atoms. The van der Waals surface area contributed by atoms with Gasteiger partial charge in [0.25, 0.3) is 0 Å². The minimum Gasteiger partial charge on any atom is -0.384 e. The van der Waals surface area contributed by atoms with Crippen molar-refractivity contribution in [1.29, 1.82) is 0 Å². The summed E-state index contributed by atoms with van der Waals surface area (Å²) in [6.07, 6.45) is 6.11. The van der Waals surface area contributed by atoms with Gasteiger partial charge in [-0.3, -0.25) is 4.90 Å². The van der Waals surface area contributed by atoms with Crippen LogP contribution in [0.25, 0.3) is 0 Å². The number of sulfone groups is 1. The number of likely N-dealkylation sites (tertiary alicyclic amines) is 1. The Bertz CT molecular complexity index is 426. The Labute approximate surface area is 123 Å². The molecule has 0 N–H and O–H groups in total. The minimum absolute atomic E-state index is 0.150. The number of methoxy groups -OCH3 is 1. The van der Waals surface area contributed by atoms with Crippen LogP contribution in [-0.4, -0.2) is 57.2 Å². The second-order valence-electron chi connectivity index (χ2n) is 7.26. The van der Waals surface area contributed by atoms with Crippen LogP contribution in [0.2, 0.25) is 0 Å². The summed E-state index contributed by atoms with van der Waals surface area (Å²) in [7, 11) is -1.40. The summed E-state index contributed by atoms with van der Waals surface area (Å²) in [5.74, 6) is 0.437. The molecule has 4 nitrogen and oxygen atoms in total. The fraction of sp³-hybridized carbons (Fsp3) is 1.00. The third kappa shape index (κ3) is 3.74. The van der Waals surface area contributed by atoms with E-state index in [4.69, 9.17) is 4.74 Å². The Morgan fingerprint density at radius 2 is 1.90 bits per heavy atom. The molecule has 0 radical (unpaired) electrons. The molecule has 0 atom stereocenters. The molecule has 1 aliphatic carbocycles. The number of ether oxygens (including phenoxy) is 1. The van der Waals surface area contributed by atoms with Gasteiger partial charge < -0.3 is 4.74 Å². The van der Waals surface area contributed by atoms with Crippen molar-refractivity contribution in [2.45, 2.75) is 51.5 Å². The molecule has 1 aliphatic heterocycles. The molecule has 1 saturated carbocycles. The van der Waals surface area contributed by atoms with E-state index in [0.29, 0.717) is 12.0 Å². The zero-order valence-corrected chi connectivity index (χ0v) is 14.0. The molecule has 5 heteroatoms. The summed E-state index contributed by atoms with van der Waals surface area (Å²) < 4.78 is 28.5. The Hall–Kier alpha value is -0.130. The van der Waals surface area contributed by atoms with Gasteiger partial charge in [0, 0.05) is 19.2 Å². The summed E-state index contributed by atoms with van der Waals surface area (Å²) in [6, 6.07) is 0.